The van der Waals surface area contributed by atoms with Gasteiger partial charge in [-0.25, -0.2) is 4.98 Å². The fourth-order valence-electron chi connectivity index (χ4n) is 2.11. The normalized spacial score (nSPS) is 27.5. The molecule has 0 aromatic carbocycles. The van der Waals surface area contributed by atoms with Crippen LogP contribution in [0.5, 0.6) is 5.88 Å². The van der Waals surface area contributed by atoms with Crippen LogP contribution in [0.4, 0.5) is 0 Å². The molecule has 0 saturated heterocycles. The summed E-state index contributed by atoms with van der Waals surface area (Å²) in [4.78, 5) is 4.23. The number of hydrogen-bond acceptors (Lipinski definition) is 3. The summed E-state index contributed by atoms with van der Waals surface area (Å²) in [6.07, 6.45) is 1.74. The summed E-state index contributed by atoms with van der Waals surface area (Å²) in [6, 6.07) is 2.24. The standard InChI is InChI=1S/C11H15BrN2O/c1-11(2)8(9(11)13)7-4-6(12)5-14-10(7)15-3/h4-5,8-9H,13H2,1-3H3. The number of pyridine rings is 1. The SMILES string of the molecule is COc1ncc(Br)cc1C1C(N)C1(C)C. The third-order valence-corrected chi connectivity index (χ3v) is 3.72. The zero-order chi connectivity index (χ0) is 11.2. The highest BCUT2D eigenvalue weighted by molar-refractivity contribution is 9.10. The van der Waals surface area contributed by atoms with Gasteiger partial charge in [-0.2, -0.15) is 0 Å². The highest BCUT2D eigenvalue weighted by atomic mass is 79.9. The zero-order valence-corrected chi connectivity index (χ0v) is 10.7. The van der Waals surface area contributed by atoms with Crippen molar-refractivity contribution in [3.05, 3.63) is 22.3 Å². The molecule has 3 nitrogen and oxygen atoms in total. The van der Waals surface area contributed by atoms with Gasteiger partial charge >= 0.3 is 0 Å². The average Bonchev–Trinajstić information content (AvgIpc) is 2.66. The van der Waals surface area contributed by atoms with Crippen LogP contribution >= 0.6 is 15.9 Å². The van der Waals surface area contributed by atoms with Gasteiger partial charge < -0.3 is 10.5 Å². The monoisotopic (exact) mass is 270 g/mol. The predicted octanol–water partition coefficient (Wildman–Crippen LogP) is 2.30. The van der Waals surface area contributed by atoms with Crippen LogP contribution in [0, 0.1) is 5.41 Å². The van der Waals surface area contributed by atoms with Gasteiger partial charge in [-0.05, 0) is 27.4 Å². The maximum Gasteiger partial charge on any atom is 0.216 e. The van der Waals surface area contributed by atoms with Gasteiger partial charge in [0.15, 0.2) is 0 Å². The van der Waals surface area contributed by atoms with Gasteiger partial charge in [-0.1, -0.05) is 13.8 Å². The van der Waals surface area contributed by atoms with Gasteiger partial charge in [0.25, 0.3) is 0 Å². The molecule has 0 bridgehead atoms. The second kappa shape index (κ2) is 3.46. The molecule has 4 heteroatoms. The molecule has 15 heavy (non-hydrogen) atoms. The Balaban J connectivity index is 2.40. The van der Waals surface area contributed by atoms with E-state index >= 15 is 0 Å². The van der Waals surface area contributed by atoms with E-state index in [0.29, 0.717) is 11.8 Å². The molecule has 2 rings (SSSR count). The van der Waals surface area contributed by atoms with Crippen molar-refractivity contribution in [2.75, 3.05) is 7.11 Å². The quantitative estimate of drug-likeness (QED) is 0.897. The number of rotatable bonds is 2. The first-order valence-electron chi connectivity index (χ1n) is 4.93. The molecular formula is C11H15BrN2O. The minimum atomic E-state index is 0.149. The first kappa shape index (κ1) is 10.9. The van der Waals surface area contributed by atoms with Crippen LogP contribution in [0.15, 0.2) is 16.7 Å². The van der Waals surface area contributed by atoms with Crippen LogP contribution in [-0.4, -0.2) is 18.1 Å². The molecule has 1 aromatic heterocycles. The average molecular weight is 271 g/mol. The predicted molar refractivity (Wildman–Crippen MR) is 63.0 cm³/mol. The lowest BCUT2D eigenvalue weighted by Crippen LogP contribution is -2.06. The van der Waals surface area contributed by atoms with Crippen molar-refractivity contribution in [2.24, 2.45) is 11.1 Å². The van der Waals surface area contributed by atoms with E-state index in [1.807, 2.05) is 6.07 Å². The Labute approximate surface area is 98.2 Å². The van der Waals surface area contributed by atoms with Crippen molar-refractivity contribution >= 4 is 15.9 Å². The van der Waals surface area contributed by atoms with Crippen LogP contribution in [0.2, 0.25) is 0 Å². The summed E-state index contributed by atoms with van der Waals surface area (Å²) in [7, 11) is 1.64. The van der Waals surface area contributed by atoms with Gasteiger partial charge in [-0.3, -0.25) is 0 Å². The lowest BCUT2D eigenvalue weighted by molar-refractivity contribution is 0.390. The lowest BCUT2D eigenvalue weighted by atomic mass is 10.0. The molecule has 82 valence electrons. The van der Waals surface area contributed by atoms with E-state index in [2.05, 4.69) is 34.8 Å². The van der Waals surface area contributed by atoms with Crippen LogP contribution in [0.3, 0.4) is 0 Å². The van der Waals surface area contributed by atoms with E-state index in [0.717, 1.165) is 10.0 Å². The fraction of sp³-hybridized carbons (Fsp3) is 0.545. The smallest absolute Gasteiger partial charge is 0.216 e. The Bertz CT molecular complexity index is 392. The molecule has 0 aliphatic heterocycles. The van der Waals surface area contributed by atoms with E-state index in [1.54, 1.807) is 13.3 Å². The lowest BCUT2D eigenvalue weighted by Gasteiger charge is -2.08. The molecule has 2 unspecified atom stereocenters. The Morgan fingerprint density at radius 2 is 2.13 bits per heavy atom. The maximum absolute atomic E-state index is 6.05. The molecule has 0 spiro atoms. The van der Waals surface area contributed by atoms with Gasteiger partial charge in [-0.15, -0.1) is 0 Å². The third-order valence-electron chi connectivity index (χ3n) is 3.28. The summed E-state index contributed by atoms with van der Waals surface area (Å²) in [6.45, 7) is 4.34. The van der Waals surface area contributed by atoms with E-state index in [-0.39, 0.29) is 11.5 Å². The highest BCUT2D eigenvalue weighted by Gasteiger charge is 2.57. The van der Waals surface area contributed by atoms with Crippen molar-refractivity contribution in [3.63, 3.8) is 0 Å². The first-order valence-corrected chi connectivity index (χ1v) is 5.72. The van der Waals surface area contributed by atoms with Crippen LogP contribution in [0.1, 0.15) is 25.3 Å². The second-order valence-electron chi connectivity index (χ2n) is 4.58. The van der Waals surface area contributed by atoms with E-state index in [9.17, 15) is 0 Å². The van der Waals surface area contributed by atoms with Crippen LogP contribution in [-0.2, 0) is 0 Å². The van der Waals surface area contributed by atoms with Crippen LogP contribution < -0.4 is 10.5 Å². The zero-order valence-electron chi connectivity index (χ0n) is 9.12. The number of hydrogen-bond donors (Lipinski definition) is 1. The Morgan fingerprint density at radius 1 is 1.53 bits per heavy atom. The summed E-state index contributed by atoms with van der Waals surface area (Å²) >= 11 is 3.42. The number of nitrogens with two attached hydrogens (primary N) is 1. The van der Waals surface area contributed by atoms with E-state index < -0.39 is 0 Å². The number of halogens is 1. The maximum atomic E-state index is 6.05. The van der Waals surface area contributed by atoms with E-state index in [1.165, 1.54) is 0 Å². The number of ether oxygens (including phenoxy) is 1. The third kappa shape index (κ3) is 1.66. The fourth-order valence-corrected chi connectivity index (χ4v) is 2.46. The molecule has 0 radical (unpaired) electrons. The first-order chi connectivity index (χ1) is 6.98. The minimum absolute atomic E-state index is 0.149. The summed E-state index contributed by atoms with van der Waals surface area (Å²) in [5, 5.41) is 0. The van der Waals surface area contributed by atoms with Crippen LogP contribution in [0.25, 0.3) is 0 Å². The molecule has 2 atom stereocenters. The molecule has 1 fully saturated rings. The number of methoxy groups -OCH3 is 1. The van der Waals surface area contributed by atoms with Crippen molar-refractivity contribution in [1.82, 2.24) is 4.98 Å². The molecular weight excluding hydrogens is 256 g/mol. The Kier molecular flexibility index (Phi) is 2.51. The van der Waals surface area contributed by atoms with Gasteiger partial charge in [0.2, 0.25) is 5.88 Å². The number of aromatic nitrogens is 1. The van der Waals surface area contributed by atoms with Crippen molar-refractivity contribution in [2.45, 2.75) is 25.8 Å². The van der Waals surface area contributed by atoms with Crippen molar-refractivity contribution in [1.29, 1.82) is 0 Å². The molecule has 1 heterocycles. The van der Waals surface area contributed by atoms with Gasteiger partial charge in [0.1, 0.15) is 0 Å². The second-order valence-corrected chi connectivity index (χ2v) is 5.49. The van der Waals surface area contributed by atoms with Crippen molar-refractivity contribution < 1.29 is 4.74 Å². The van der Waals surface area contributed by atoms with Gasteiger partial charge in [0.05, 0.1) is 7.11 Å². The van der Waals surface area contributed by atoms with E-state index in [4.69, 9.17) is 10.5 Å². The molecule has 1 aromatic rings. The molecule has 1 aliphatic rings. The molecule has 0 amide bonds. The topological polar surface area (TPSA) is 48.1 Å². The largest absolute Gasteiger partial charge is 0.481 e. The van der Waals surface area contributed by atoms with Crippen molar-refractivity contribution in [3.8, 4) is 5.88 Å². The Morgan fingerprint density at radius 3 is 2.60 bits per heavy atom. The molecule has 2 N–H and O–H groups in total. The highest BCUT2D eigenvalue weighted by Crippen LogP contribution is 2.59. The summed E-state index contributed by atoms with van der Waals surface area (Å²) in [5.74, 6) is 1.03. The summed E-state index contributed by atoms with van der Waals surface area (Å²) in [5.41, 5.74) is 7.30. The summed E-state index contributed by atoms with van der Waals surface area (Å²) < 4.78 is 6.22. The van der Waals surface area contributed by atoms with Gasteiger partial charge in [0, 0.05) is 28.2 Å². The molecule has 1 aliphatic carbocycles. The Hall–Kier alpha value is -0.610. The molecule has 1 saturated carbocycles. The number of nitrogens with zero attached hydrogens (tertiary/aromatic N) is 1. The minimum Gasteiger partial charge on any atom is -0.481 e.